The lowest BCUT2D eigenvalue weighted by atomic mass is 9.88. The molecule has 3 aliphatic rings. The Bertz CT molecular complexity index is 413. The summed E-state index contributed by atoms with van der Waals surface area (Å²) >= 11 is 0. The number of nitrogens with zero attached hydrogens (tertiary/aromatic N) is 1. The quantitative estimate of drug-likeness (QED) is 0.822. The van der Waals surface area contributed by atoms with Gasteiger partial charge in [-0.05, 0) is 70.4 Å². The number of carbonyl (C=O) groups is 1. The second kappa shape index (κ2) is 9.54. The van der Waals surface area contributed by atoms with Crippen molar-refractivity contribution >= 4 is 18.3 Å². The molecule has 2 saturated heterocycles. The molecule has 6 heteroatoms. The van der Waals surface area contributed by atoms with E-state index in [9.17, 15) is 4.79 Å². The molecule has 3 rings (SSSR count). The van der Waals surface area contributed by atoms with Crippen LogP contribution in [0.15, 0.2) is 0 Å². The third-order valence-electron chi connectivity index (χ3n) is 6.27. The van der Waals surface area contributed by atoms with Crippen molar-refractivity contribution in [3.8, 4) is 0 Å². The van der Waals surface area contributed by atoms with Gasteiger partial charge in [-0.15, -0.1) is 12.4 Å². The van der Waals surface area contributed by atoms with E-state index < -0.39 is 5.60 Å². The smallest absolute Gasteiger partial charge is 0.254 e. The first-order valence-electron chi connectivity index (χ1n) is 9.84. The highest BCUT2D eigenvalue weighted by atomic mass is 35.5. The number of methoxy groups -OCH3 is 1. The third-order valence-corrected chi connectivity index (χ3v) is 6.27. The maximum atomic E-state index is 13.0. The van der Waals surface area contributed by atoms with Crippen molar-refractivity contribution in [3.63, 3.8) is 0 Å². The summed E-state index contributed by atoms with van der Waals surface area (Å²) in [5, 5.41) is 3.32. The van der Waals surface area contributed by atoms with Crippen molar-refractivity contribution in [2.24, 2.45) is 5.92 Å². The van der Waals surface area contributed by atoms with Crippen LogP contribution < -0.4 is 5.32 Å². The van der Waals surface area contributed by atoms with Gasteiger partial charge >= 0.3 is 0 Å². The molecule has 3 fully saturated rings. The molecule has 2 heterocycles. The van der Waals surface area contributed by atoms with Crippen molar-refractivity contribution in [2.75, 3.05) is 33.3 Å². The fourth-order valence-corrected chi connectivity index (χ4v) is 4.46. The van der Waals surface area contributed by atoms with Gasteiger partial charge < -0.3 is 19.7 Å². The van der Waals surface area contributed by atoms with Crippen LogP contribution in [0.4, 0.5) is 0 Å². The molecule has 1 aliphatic carbocycles. The Morgan fingerprint density at radius 1 is 1.00 bits per heavy atom. The van der Waals surface area contributed by atoms with E-state index in [4.69, 9.17) is 9.47 Å². The predicted molar refractivity (Wildman–Crippen MR) is 101 cm³/mol. The molecule has 0 unspecified atom stereocenters. The molecule has 0 bridgehead atoms. The van der Waals surface area contributed by atoms with Crippen LogP contribution >= 0.6 is 12.4 Å². The van der Waals surface area contributed by atoms with Gasteiger partial charge in [0.2, 0.25) is 0 Å². The lowest BCUT2D eigenvalue weighted by Gasteiger charge is -2.42. The number of carbonyl (C=O) groups excluding carboxylic acids is 1. The fraction of sp³-hybridized carbons (Fsp3) is 0.947. The fourth-order valence-electron chi connectivity index (χ4n) is 4.46. The maximum Gasteiger partial charge on any atom is 0.254 e. The number of hydrogen-bond acceptors (Lipinski definition) is 4. The van der Waals surface area contributed by atoms with Gasteiger partial charge in [-0.3, -0.25) is 4.79 Å². The van der Waals surface area contributed by atoms with E-state index in [-0.39, 0.29) is 18.3 Å². The first-order valence-corrected chi connectivity index (χ1v) is 9.84. The molecular weight excluding hydrogens is 340 g/mol. The lowest BCUT2D eigenvalue weighted by Crippen LogP contribution is -2.57. The summed E-state index contributed by atoms with van der Waals surface area (Å²) in [7, 11) is 1.68. The molecule has 146 valence electrons. The zero-order valence-electron chi connectivity index (χ0n) is 15.8. The Kier molecular flexibility index (Phi) is 7.99. The summed E-state index contributed by atoms with van der Waals surface area (Å²) in [4.78, 5) is 15.0. The van der Waals surface area contributed by atoms with Crippen molar-refractivity contribution < 1.29 is 14.3 Å². The van der Waals surface area contributed by atoms with E-state index in [0.717, 1.165) is 57.8 Å². The first-order chi connectivity index (χ1) is 11.6. The summed E-state index contributed by atoms with van der Waals surface area (Å²) in [6, 6.07) is 0. The number of piperidine rings is 2. The molecule has 1 N–H and O–H groups in total. The number of halogens is 1. The van der Waals surface area contributed by atoms with E-state index in [0.29, 0.717) is 12.2 Å². The van der Waals surface area contributed by atoms with Gasteiger partial charge in [0.1, 0.15) is 5.60 Å². The summed E-state index contributed by atoms with van der Waals surface area (Å²) in [5.41, 5.74) is -0.599. The minimum atomic E-state index is -0.599. The molecule has 0 aromatic rings. The summed E-state index contributed by atoms with van der Waals surface area (Å²) in [5.74, 6) is 1.05. The molecule has 0 atom stereocenters. The van der Waals surface area contributed by atoms with Crippen LogP contribution in [-0.2, 0) is 14.3 Å². The van der Waals surface area contributed by atoms with E-state index >= 15 is 0 Å². The van der Waals surface area contributed by atoms with Crippen LogP contribution in [-0.4, -0.2) is 61.9 Å². The van der Waals surface area contributed by atoms with Crippen LogP contribution in [0, 0.1) is 5.92 Å². The van der Waals surface area contributed by atoms with Gasteiger partial charge in [-0.2, -0.15) is 0 Å². The average Bonchev–Trinajstić information content (AvgIpc) is 2.64. The minimum absolute atomic E-state index is 0. The number of nitrogens with one attached hydrogen (secondary N) is 1. The SMILES string of the molecule is COC1(C(=O)N2CCC(OC3CCC(C)CC3)CC2)CCNCC1.Cl. The molecule has 25 heavy (non-hydrogen) atoms. The minimum Gasteiger partial charge on any atom is -0.375 e. The van der Waals surface area contributed by atoms with Gasteiger partial charge in [0.15, 0.2) is 0 Å². The van der Waals surface area contributed by atoms with Crippen LogP contribution in [0.1, 0.15) is 58.3 Å². The van der Waals surface area contributed by atoms with Crippen molar-refractivity contribution in [1.82, 2.24) is 10.2 Å². The Morgan fingerprint density at radius 3 is 2.12 bits per heavy atom. The first kappa shape index (κ1) is 20.9. The molecule has 0 radical (unpaired) electrons. The number of hydrogen-bond donors (Lipinski definition) is 1. The second-order valence-corrected chi connectivity index (χ2v) is 7.96. The van der Waals surface area contributed by atoms with Gasteiger partial charge in [0.05, 0.1) is 12.2 Å². The van der Waals surface area contributed by atoms with E-state index in [1.807, 2.05) is 4.90 Å². The molecule has 0 spiro atoms. The van der Waals surface area contributed by atoms with E-state index in [1.54, 1.807) is 7.11 Å². The molecule has 2 aliphatic heterocycles. The Morgan fingerprint density at radius 2 is 1.56 bits per heavy atom. The zero-order valence-corrected chi connectivity index (χ0v) is 16.6. The van der Waals surface area contributed by atoms with Crippen LogP contribution in [0.25, 0.3) is 0 Å². The van der Waals surface area contributed by atoms with Crippen LogP contribution in [0.2, 0.25) is 0 Å². The molecule has 0 aromatic heterocycles. The number of amides is 1. The van der Waals surface area contributed by atoms with Gasteiger partial charge in [0.25, 0.3) is 5.91 Å². The lowest BCUT2D eigenvalue weighted by molar-refractivity contribution is -0.161. The van der Waals surface area contributed by atoms with Crippen molar-refractivity contribution in [2.45, 2.75) is 76.1 Å². The van der Waals surface area contributed by atoms with Crippen molar-refractivity contribution in [3.05, 3.63) is 0 Å². The van der Waals surface area contributed by atoms with Gasteiger partial charge in [-0.25, -0.2) is 0 Å². The largest absolute Gasteiger partial charge is 0.375 e. The van der Waals surface area contributed by atoms with Gasteiger partial charge in [0, 0.05) is 20.2 Å². The van der Waals surface area contributed by atoms with Crippen molar-refractivity contribution in [1.29, 1.82) is 0 Å². The highest BCUT2D eigenvalue weighted by Crippen LogP contribution is 2.30. The Hall–Kier alpha value is -0.360. The number of ether oxygens (including phenoxy) is 2. The molecule has 1 saturated carbocycles. The molecule has 1 amide bonds. The maximum absolute atomic E-state index is 13.0. The Labute approximate surface area is 158 Å². The standard InChI is InChI=1S/C19H34N2O3.ClH/c1-15-3-5-16(6-4-15)24-17-7-13-21(14-8-17)18(22)19(23-2)9-11-20-12-10-19;/h15-17,20H,3-14H2,1-2H3;1H. The highest BCUT2D eigenvalue weighted by molar-refractivity contribution is 5.86. The van der Waals surface area contributed by atoms with Crippen LogP contribution in [0.5, 0.6) is 0 Å². The summed E-state index contributed by atoms with van der Waals surface area (Å²) in [6.45, 7) is 5.68. The van der Waals surface area contributed by atoms with Crippen LogP contribution in [0.3, 0.4) is 0 Å². The molecular formula is C19H35ClN2O3. The average molecular weight is 375 g/mol. The van der Waals surface area contributed by atoms with E-state index in [1.165, 1.54) is 25.7 Å². The topological polar surface area (TPSA) is 50.8 Å². The number of likely N-dealkylation sites (tertiary alicyclic amines) is 1. The van der Waals surface area contributed by atoms with Gasteiger partial charge in [-0.1, -0.05) is 6.92 Å². The van der Waals surface area contributed by atoms with E-state index in [2.05, 4.69) is 12.2 Å². The molecule has 5 nitrogen and oxygen atoms in total. The second-order valence-electron chi connectivity index (χ2n) is 7.96. The normalized spacial score (nSPS) is 30.6. The summed E-state index contributed by atoms with van der Waals surface area (Å²) < 4.78 is 12.0. The molecule has 0 aromatic carbocycles. The predicted octanol–water partition coefficient (Wildman–Crippen LogP) is 2.76. The number of rotatable bonds is 4. The highest BCUT2D eigenvalue weighted by Gasteiger charge is 2.43. The monoisotopic (exact) mass is 374 g/mol. The zero-order chi connectivity index (χ0) is 17.0. The summed E-state index contributed by atoms with van der Waals surface area (Å²) in [6.07, 6.45) is 9.28. The Balaban J connectivity index is 0.00000225. The third kappa shape index (κ3) is 5.09.